The SMILES string of the molecule is O=C(C1CCN(Cc2ccc(Cl)s2)CC1)N1CCOCC1. The van der Waals surface area contributed by atoms with Crippen LogP contribution in [0.4, 0.5) is 0 Å². The second kappa shape index (κ2) is 7.09. The van der Waals surface area contributed by atoms with Gasteiger partial charge in [-0.3, -0.25) is 9.69 Å². The number of amides is 1. The number of ether oxygens (including phenoxy) is 1. The Balaban J connectivity index is 1.47. The van der Waals surface area contributed by atoms with E-state index in [4.69, 9.17) is 16.3 Å². The average molecular weight is 329 g/mol. The number of halogens is 1. The summed E-state index contributed by atoms with van der Waals surface area (Å²) in [6.45, 7) is 5.83. The van der Waals surface area contributed by atoms with Gasteiger partial charge in [0.15, 0.2) is 0 Å². The molecule has 116 valence electrons. The Morgan fingerprint density at radius 3 is 2.57 bits per heavy atom. The Labute approximate surface area is 134 Å². The molecule has 0 spiro atoms. The number of hydrogen-bond donors (Lipinski definition) is 0. The maximum Gasteiger partial charge on any atom is 0.225 e. The van der Waals surface area contributed by atoms with Crippen molar-refractivity contribution in [2.45, 2.75) is 19.4 Å². The van der Waals surface area contributed by atoms with E-state index in [-0.39, 0.29) is 5.92 Å². The number of rotatable bonds is 3. The average Bonchev–Trinajstić information content (AvgIpc) is 2.93. The number of carbonyl (C=O) groups is 1. The van der Waals surface area contributed by atoms with Crippen LogP contribution in [0.3, 0.4) is 0 Å². The van der Waals surface area contributed by atoms with Crippen LogP contribution in [-0.2, 0) is 16.1 Å². The first kappa shape index (κ1) is 15.3. The molecular weight excluding hydrogens is 308 g/mol. The summed E-state index contributed by atoms with van der Waals surface area (Å²) in [5, 5.41) is 0. The van der Waals surface area contributed by atoms with Gasteiger partial charge in [-0.25, -0.2) is 0 Å². The lowest BCUT2D eigenvalue weighted by molar-refractivity contribution is -0.141. The molecule has 0 aliphatic carbocycles. The molecule has 2 saturated heterocycles. The van der Waals surface area contributed by atoms with E-state index in [1.807, 2.05) is 11.0 Å². The van der Waals surface area contributed by atoms with Crippen molar-refractivity contribution in [1.82, 2.24) is 9.80 Å². The molecule has 21 heavy (non-hydrogen) atoms. The third-order valence-electron chi connectivity index (χ3n) is 4.27. The van der Waals surface area contributed by atoms with Gasteiger partial charge in [-0.15, -0.1) is 11.3 Å². The predicted octanol–water partition coefficient (Wildman–Crippen LogP) is 2.47. The molecule has 0 unspecified atom stereocenters. The van der Waals surface area contributed by atoms with Crippen molar-refractivity contribution < 1.29 is 9.53 Å². The molecule has 1 aromatic rings. The first-order chi connectivity index (χ1) is 10.2. The van der Waals surface area contributed by atoms with Crippen LogP contribution in [-0.4, -0.2) is 55.1 Å². The third kappa shape index (κ3) is 3.97. The molecule has 0 saturated carbocycles. The highest BCUT2D eigenvalue weighted by atomic mass is 35.5. The topological polar surface area (TPSA) is 32.8 Å². The van der Waals surface area contributed by atoms with E-state index in [0.717, 1.165) is 49.9 Å². The normalized spacial score (nSPS) is 21.7. The van der Waals surface area contributed by atoms with Crippen LogP contribution in [0.1, 0.15) is 17.7 Å². The van der Waals surface area contributed by atoms with Gasteiger partial charge in [-0.05, 0) is 38.1 Å². The van der Waals surface area contributed by atoms with Gasteiger partial charge in [-0.1, -0.05) is 11.6 Å². The summed E-state index contributed by atoms with van der Waals surface area (Å²) >= 11 is 7.61. The number of thiophene rings is 1. The lowest BCUT2D eigenvalue weighted by Crippen LogP contribution is -2.46. The second-order valence-electron chi connectivity index (χ2n) is 5.69. The van der Waals surface area contributed by atoms with Crippen LogP contribution < -0.4 is 0 Å². The van der Waals surface area contributed by atoms with Crippen LogP contribution in [0.2, 0.25) is 4.34 Å². The number of hydrogen-bond acceptors (Lipinski definition) is 4. The molecule has 0 bridgehead atoms. The molecule has 6 heteroatoms. The fraction of sp³-hybridized carbons (Fsp3) is 0.667. The summed E-state index contributed by atoms with van der Waals surface area (Å²) in [6, 6.07) is 4.05. The van der Waals surface area contributed by atoms with Crippen LogP contribution in [0.15, 0.2) is 12.1 Å². The van der Waals surface area contributed by atoms with Crippen LogP contribution in [0, 0.1) is 5.92 Å². The van der Waals surface area contributed by atoms with E-state index in [0.29, 0.717) is 19.1 Å². The van der Waals surface area contributed by atoms with Crippen molar-refractivity contribution in [1.29, 1.82) is 0 Å². The lowest BCUT2D eigenvalue weighted by atomic mass is 9.95. The minimum Gasteiger partial charge on any atom is -0.378 e. The zero-order valence-electron chi connectivity index (χ0n) is 12.1. The van der Waals surface area contributed by atoms with E-state index in [2.05, 4.69) is 11.0 Å². The molecule has 1 amide bonds. The number of likely N-dealkylation sites (tertiary alicyclic amines) is 1. The van der Waals surface area contributed by atoms with Gasteiger partial charge < -0.3 is 9.64 Å². The number of piperidine rings is 1. The third-order valence-corrected chi connectivity index (χ3v) is 5.48. The highest BCUT2D eigenvalue weighted by Crippen LogP contribution is 2.26. The fourth-order valence-electron chi connectivity index (χ4n) is 3.04. The number of carbonyl (C=O) groups excluding carboxylic acids is 1. The molecule has 3 rings (SSSR count). The number of nitrogens with zero attached hydrogens (tertiary/aromatic N) is 2. The first-order valence-corrected chi connectivity index (χ1v) is 8.75. The smallest absolute Gasteiger partial charge is 0.225 e. The predicted molar refractivity (Wildman–Crippen MR) is 84.7 cm³/mol. The summed E-state index contributed by atoms with van der Waals surface area (Å²) in [7, 11) is 0. The largest absolute Gasteiger partial charge is 0.378 e. The Morgan fingerprint density at radius 1 is 1.24 bits per heavy atom. The maximum absolute atomic E-state index is 12.5. The van der Waals surface area contributed by atoms with E-state index in [1.165, 1.54) is 4.88 Å². The Bertz CT molecular complexity index is 480. The molecule has 0 aromatic carbocycles. The van der Waals surface area contributed by atoms with E-state index < -0.39 is 0 Å². The minimum absolute atomic E-state index is 0.200. The van der Waals surface area contributed by atoms with Crippen LogP contribution in [0.25, 0.3) is 0 Å². The van der Waals surface area contributed by atoms with Crippen molar-refractivity contribution in [3.63, 3.8) is 0 Å². The van der Waals surface area contributed by atoms with Crippen molar-refractivity contribution in [2.75, 3.05) is 39.4 Å². The number of morpholine rings is 1. The standard InChI is InChI=1S/C15H21ClN2O2S/c16-14-2-1-13(21-14)11-17-5-3-12(4-6-17)15(19)18-7-9-20-10-8-18/h1-2,12H,3-11H2. The molecule has 1 aromatic heterocycles. The van der Waals surface area contributed by atoms with Crippen LogP contribution >= 0.6 is 22.9 Å². The molecule has 0 radical (unpaired) electrons. The van der Waals surface area contributed by atoms with Crippen molar-refractivity contribution >= 4 is 28.8 Å². The molecule has 0 N–H and O–H groups in total. The molecule has 2 fully saturated rings. The van der Waals surface area contributed by atoms with Gasteiger partial charge in [0.05, 0.1) is 17.6 Å². The fourth-order valence-corrected chi connectivity index (χ4v) is 4.17. The zero-order chi connectivity index (χ0) is 14.7. The van der Waals surface area contributed by atoms with Crippen molar-refractivity contribution in [2.24, 2.45) is 5.92 Å². The highest BCUT2D eigenvalue weighted by molar-refractivity contribution is 7.16. The molecule has 3 heterocycles. The van der Waals surface area contributed by atoms with Gasteiger partial charge in [-0.2, -0.15) is 0 Å². The lowest BCUT2D eigenvalue weighted by Gasteiger charge is -2.35. The van der Waals surface area contributed by atoms with Gasteiger partial charge in [0, 0.05) is 30.4 Å². The quantitative estimate of drug-likeness (QED) is 0.854. The monoisotopic (exact) mass is 328 g/mol. The zero-order valence-corrected chi connectivity index (χ0v) is 13.7. The van der Waals surface area contributed by atoms with Gasteiger partial charge in [0.25, 0.3) is 0 Å². The second-order valence-corrected chi connectivity index (χ2v) is 7.49. The summed E-state index contributed by atoms with van der Waals surface area (Å²) in [4.78, 5) is 18.2. The molecule has 0 atom stereocenters. The first-order valence-electron chi connectivity index (χ1n) is 7.55. The maximum atomic E-state index is 12.5. The minimum atomic E-state index is 0.200. The Kier molecular flexibility index (Phi) is 5.16. The molecular formula is C15H21ClN2O2S. The summed E-state index contributed by atoms with van der Waals surface area (Å²) < 4.78 is 6.16. The summed E-state index contributed by atoms with van der Waals surface area (Å²) in [5.74, 6) is 0.531. The molecule has 2 aliphatic heterocycles. The Morgan fingerprint density at radius 2 is 1.95 bits per heavy atom. The van der Waals surface area contributed by atoms with Crippen molar-refractivity contribution in [3.05, 3.63) is 21.3 Å². The van der Waals surface area contributed by atoms with E-state index >= 15 is 0 Å². The van der Waals surface area contributed by atoms with Gasteiger partial charge in [0.1, 0.15) is 0 Å². The van der Waals surface area contributed by atoms with Crippen LogP contribution in [0.5, 0.6) is 0 Å². The molecule has 4 nitrogen and oxygen atoms in total. The summed E-state index contributed by atoms with van der Waals surface area (Å²) in [5.41, 5.74) is 0. The highest BCUT2D eigenvalue weighted by Gasteiger charge is 2.29. The van der Waals surface area contributed by atoms with Gasteiger partial charge >= 0.3 is 0 Å². The summed E-state index contributed by atoms with van der Waals surface area (Å²) in [6.07, 6.45) is 1.94. The van der Waals surface area contributed by atoms with Crippen molar-refractivity contribution in [3.8, 4) is 0 Å². The van der Waals surface area contributed by atoms with Gasteiger partial charge in [0.2, 0.25) is 5.91 Å². The van der Waals surface area contributed by atoms with E-state index in [9.17, 15) is 4.79 Å². The Hall–Kier alpha value is -0.620. The molecule has 2 aliphatic rings. The van der Waals surface area contributed by atoms with E-state index in [1.54, 1.807) is 11.3 Å².